The molecule has 22 heavy (non-hydrogen) atoms. The molecule has 0 radical (unpaired) electrons. The number of ketones is 2. The summed E-state index contributed by atoms with van der Waals surface area (Å²) in [5, 5.41) is -0.182. The van der Waals surface area contributed by atoms with E-state index in [-0.39, 0.29) is 29.8 Å². The maximum atomic E-state index is 12.3. The van der Waals surface area contributed by atoms with Gasteiger partial charge in [-0.3, -0.25) is 9.59 Å². The van der Waals surface area contributed by atoms with Crippen LogP contribution in [0, 0.1) is 0 Å². The van der Waals surface area contributed by atoms with E-state index in [2.05, 4.69) is 0 Å². The number of allylic oxidation sites excluding steroid dienone is 2. The van der Waals surface area contributed by atoms with Crippen molar-refractivity contribution in [3.8, 4) is 0 Å². The second-order valence-electron chi connectivity index (χ2n) is 4.50. The van der Waals surface area contributed by atoms with E-state index < -0.39 is 5.78 Å². The van der Waals surface area contributed by atoms with Crippen LogP contribution in [0.1, 0.15) is 27.6 Å². The van der Waals surface area contributed by atoms with Gasteiger partial charge >= 0.3 is 0 Å². The van der Waals surface area contributed by atoms with Gasteiger partial charge in [-0.05, 0) is 6.92 Å². The van der Waals surface area contributed by atoms with Crippen LogP contribution in [0.4, 0.5) is 0 Å². The normalized spacial score (nSPS) is 14.3. The van der Waals surface area contributed by atoms with Gasteiger partial charge in [0.15, 0.2) is 5.76 Å². The Morgan fingerprint density at radius 3 is 2.18 bits per heavy atom. The summed E-state index contributed by atoms with van der Waals surface area (Å²) in [6, 6.07) is 6.54. The number of hydrogen-bond donors (Lipinski definition) is 0. The highest BCUT2D eigenvalue weighted by Crippen LogP contribution is 2.28. The first-order chi connectivity index (χ1) is 10.7. The number of carbonyl (C=O) groups is 2. The smallest absolute Gasteiger partial charge is 0.230 e. The molecule has 5 nitrogen and oxygen atoms in total. The average Bonchev–Trinajstić information content (AvgIpc) is 2.54. The molecule has 2 rings (SSSR count). The lowest BCUT2D eigenvalue weighted by molar-refractivity contribution is 0.0292. The van der Waals surface area contributed by atoms with Crippen molar-refractivity contribution in [1.29, 1.82) is 0 Å². The van der Waals surface area contributed by atoms with Gasteiger partial charge in [-0.15, -0.1) is 0 Å². The molecule has 6 heteroatoms. The first kappa shape index (κ1) is 16.7. The maximum absolute atomic E-state index is 12.3. The van der Waals surface area contributed by atoms with E-state index in [0.29, 0.717) is 30.9 Å². The Morgan fingerprint density at radius 1 is 0.909 bits per heavy atom. The SMILES string of the molecule is CCOCCOCCOC1=C(Cl)C(=O)c2ccccc2C1=O. The minimum absolute atomic E-state index is 0.112. The van der Waals surface area contributed by atoms with Crippen molar-refractivity contribution < 1.29 is 23.8 Å². The highest BCUT2D eigenvalue weighted by Gasteiger charge is 2.32. The summed E-state index contributed by atoms with van der Waals surface area (Å²) in [5.41, 5.74) is 0.613. The Kier molecular flexibility index (Phi) is 6.12. The summed E-state index contributed by atoms with van der Waals surface area (Å²) in [5.74, 6) is -0.891. The zero-order chi connectivity index (χ0) is 15.9. The molecule has 1 aromatic rings. The highest BCUT2D eigenvalue weighted by atomic mass is 35.5. The first-order valence-corrected chi connectivity index (χ1v) is 7.41. The molecule has 0 atom stereocenters. The van der Waals surface area contributed by atoms with E-state index >= 15 is 0 Å². The van der Waals surface area contributed by atoms with Gasteiger partial charge in [-0.2, -0.15) is 0 Å². The lowest BCUT2D eigenvalue weighted by Gasteiger charge is -2.18. The number of benzene rings is 1. The second kappa shape index (κ2) is 8.08. The van der Waals surface area contributed by atoms with E-state index in [1.165, 1.54) is 0 Å². The van der Waals surface area contributed by atoms with Crippen molar-refractivity contribution >= 4 is 23.2 Å². The van der Waals surface area contributed by atoms with Crippen LogP contribution in [0.2, 0.25) is 0 Å². The van der Waals surface area contributed by atoms with Gasteiger partial charge in [0.05, 0.1) is 19.8 Å². The summed E-state index contributed by atoms with van der Waals surface area (Å²) < 4.78 is 15.8. The number of rotatable bonds is 8. The molecule has 0 fully saturated rings. The van der Waals surface area contributed by atoms with Crippen LogP contribution < -0.4 is 0 Å². The van der Waals surface area contributed by atoms with Gasteiger partial charge in [0.1, 0.15) is 11.6 Å². The molecule has 118 valence electrons. The molecular formula is C16H17ClO5. The summed E-state index contributed by atoms with van der Waals surface area (Å²) in [6.45, 7) is 3.91. The molecule has 0 spiro atoms. The van der Waals surface area contributed by atoms with Crippen LogP contribution in [-0.4, -0.2) is 44.6 Å². The molecule has 0 aliphatic heterocycles. The molecule has 1 aromatic carbocycles. The van der Waals surface area contributed by atoms with E-state index in [9.17, 15) is 9.59 Å². The van der Waals surface area contributed by atoms with E-state index in [4.69, 9.17) is 25.8 Å². The number of hydrogen-bond acceptors (Lipinski definition) is 5. The van der Waals surface area contributed by atoms with Crippen LogP contribution in [0.3, 0.4) is 0 Å². The minimum atomic E-state index is -0.399. The molecule has 0 saturated heterocycles. The third-order valence-electron chi connectivity index (χ3n) is 3.07. The van der Waals surface area contributed by atoms with Crippen molar-refractivity contribution in [1.82, 2.24) is 0 Å². The quantitative estimate of drug-likeness (QED) is 0.688. The average molecular weight is 325 g/mol. The second-order valence-corrected chi connectivity index (χ2v) is 4.88. The molecule has 0 saturated carbocycles. The Balaban J connectivity index is 1.92. The largest absolute Gasteiger partial charge is 0.485 e. The molecule has 0 unspecified atom stereocenters. The van der Waals surface area contributed by atoms with E-state index in [0.717, 1.165) is 0 Å². The maximum Gasteiger partial charge on any atom is 0.230 e. The highest BCUT2D eigenvalue weighted by molar-refractivity contribution is 6.49. The number of Topliss-reactive ketones (excluding diaryl/α,β-unsaturated/α-hetero) is 2. The third-order valence-corrected chi connectivity index (χ3v) is 3.41. The van der Waals surface area contributed by atoms with Gasteiger partial charge in [0.2, 0.25) is 11.6 Å². The topological polar surface area (TPSA) is 61.8 Å². The van der Waals surface area contributed by atoms with Gasteiger partial charge in [-0.25, -0.2) is 0 Å². The molecule has 0 N–H and O–H groups in total. The zero-order valence-corrected chi connectivity index (χ0v) is 13.0. The Bertz CT molecular complexity index is 594. The van der Waals surface area contributed by atoms with Gasteiger partial charge < -0.3 is 14.2 Å². The summed E-state index contributed by atoms with van der Waals surface area (Å²) >= 11 is 5.96. The monoisotopic (exact) mass is 324 g/mol. The number of fused-ring (bicyclic) bond motifs is 1. The zero-order valence-electron chi connectivity index (χ0n) is 12.3. The predicted octanol–water partition coefficient (Wildman–Crippen LogP) is 2.59. The van der Waals surface area contributed by atoms with Crippen LogP contribution in [-0.2, 0) is 14.2 Å². The van der Waals surface area contributed by atoms with Crippen molar-refractivity contribution in [2.75, 3.05) is 33.0 Å². The van der Waals surface area contributed by atoms with Gasteiger partial charge in [0, 0.05) is 17.7 Å². The standard InChI is InChI=1S/C16H17ClO5/c1-2-20-7-8-21-9-10-22-16-13(17)14(18)11-5-3-4-6-12(11)15(16)19/h3-6H,2,7-10H2,1H3. The minimum Gasteiger partial charge on any atom is -0.485 e. The Morgan fingerprint density at radius 2 is 1.50 bits per heavy atom. The van der Waals surface area contributed by atoms with Gasteiger partial charge in [0.25, 0.3) is 0 Å². The summed E-state index contributed by atoms with van der Waals surface area (Å²) in [7, 11) is 0. The number of carbonyl (C=O) groups excluding carboxylic acids is 2. The van der Waals surface area contributed by atoms with Crippen LogP contribution in [0.15, 0.2) is 35.1 Å². The van der Waals surface area contributed by atoms with Crippen LogP contribution in [0.5, 0.6) is 0 Å². The summed E-state index contributed by atoms with van der Waals surface area (Å²) in [6.07, 6.45) is 0. The lowest BCUT2D eigenvalue weighted by Crippen LogP contribution is -2.22. The van der Waals surface area contributed by atoms with E-state index in [1.54, 1.807) is 24.3 Å². The van der Waals surface area contributed by atoms with E-state index in [1.807, 2.05) is 6.92 Å². The Labute approximate surface area is 133 Å². The van der Waals surface area contributed by atoms with Crippen molar-refractivity contribution in [2.45, 2.75) is 6.92 Å². The number of ether oxygens (including phenoxy) is 3. The predicted molar refractivity (Wildman–Crippen MR) is 81.2 cm³/mol. The first-order valence-electron chi connectivity index (χ1n) is 7.03. The van der Waals surface area contributed by atoms with Crippen molar-refractivity contribution in [3.05, 3.63) is 46.2 Å². The lowest BCUT2D eigenvalue weighted by atomic mass is 9.93. The molecule has 0 amide bonds. The molecule has 0 bridgehead atoms. The number of halogens is 1. The Hall–Kier alpha value is -1.69. The molecule has 1 aliphatic rings. The third kappa shape index (κ3) is 3.74. The molecular weight excluding hydrogens is 308 g/mol. The fourth-order valence-electron chi connectivity index (χ4n) is 2.02. The van der Waals surface area contributed by atoms with Crippen molar-refractivity contribution in [2.24, 2.45) is 0 Å². The van der Waals surface area contributed by atoms with Crippen LogP contribution in [0.25, 0.3) is 0 Å². The summed E-state index contributed by atoms with van der Waals surface area (Å²) in [4.78, 5) is 24.4. The molecule has 0 heterocycles. The van der Waals surface area contributed by atoms with Gasteiger partial charge in [-0.1, -0.05) is 35.9 Å². The fourth-order valence-corrected chi connectivity index (χ4v) is 2.26. The molecule has 0 aromatic heterocycles. The fraction of sp³-hybridized carbons (Fsp3) is 0.375. The van der Waals surface area contributed by atoms with Crippen LogP contribution >= 0.6 is 11.6 Å². The van der Waals surface area contributed by atoms with Crippen molar-refractivity contribution in [3.63, 3.8) is 0 Å². The molecule has 1 aliphatic carbocycles.